The fourth-order valence-electron chi connectivity index (χ4n) is 2.48. The lowest BCUT2D eigenvalue weighted by Crippen LogP contribution is -2.02. The molecule has 114 valence electrons. The van der Waals surface area contributed by atoms with Crippen molar-refractivity contribution >= 4 is 5.78 Å². The Morgan fingerprint density at radius 1 is 0.826 bits per heavy atom. The average Bonchev–Trinajstić information content (AvgIpc) is 2.61. The van der Waals surface area contributed by atoms with Crippen LogP contribution in [0.15, 0.2) is 78.9 Å². The summed E-state index contributed by atoms with van der Waals surface area (Å²) in [7, 11) is 0. The zero-order valence-electron chi connectivity index (χ0n) is 13.0. The molecule has 3 aromatic carbocycles. The Morgan fingerprint density at radius 2 is 1.48 bits per heavy atom. The first-order valence-corrected chi connectivity index (χ1v) is 7.61. The van der Waals surface area contributed by atoms with Gasteiger partial charge in [0.2, 0.25) is 0 Å². The Bertz CT molecular complexity index is 793. The third kappa shape index (κ3) is 3.67. The number of hydrogen-bond donors (Lipinski definition) is 0. The highest BCUT2D eigenvalue weighted by Crippen LogP contribution is 2.28. The van der Waals surface area contributed by atoms with E-state index in [1.165, 1.54) is 0 Å². The molecule has 0 amide bonds. The van der Waals surface area contributed by atoms with Crippen LogP contribution < -0.4 is 4.74 Å². The number of hydrogen-bond acceptors (Lipinski definition) is 2. The number of Topliss-reactive ketones (excluding diaryl/α,β-unsaturated/α-hetero) is 1. The maximum absolute atomic E-state index is 11.8. The molecule has 0 aromatic heterocycles. The molecular weight excluding hydrogens is 284 g/mol. The van der Waals surface area contributed by atoms with Crippen LogP contribution in [-0.2, 0) is 6.61 Å². The second-order valence-electron chi connectivity index (χ2n) is 5.41. The molecule has 3 rings (SSSR count). The fourth-order valence-corrected chi connectivity index (χ4v) is 2.48. The van der Waals surface area contributed by atoms with Crippen LogP contribution >= 0.6 is 0 Å². The fraction of sp³-hybridized carbons (Fsp3) is 0.0952. The van der Waals surface area contributed by atoms with E-state index in [2.05, 4.69) is 0 Å². The van der Waals surface area contributed by atoms with Crippen molar-refractivity contribution < 1.29 is 9.53 Å². The number of benzene rings is 3. The van der Waals surface area contributed by atoms with Gasteiger partial charge < -0.3 is 4.74 Å². The Balaban J connectivity index is 1.91. The highest BCUT2D eigenvalue weighted by atomic mass is 16.5. The van der Waals surface area contributed by atoms with Crippen molar-refractivity contribution in [2.75, 3.05) is 0 Å². The van der Waals surface area contributed by atoms with Gasteiger partial charge in [0.1, 0.15) is 12.4 Å². The zero-order chi connectivity index (χ0) is 16.1. The van der Waals surface area contributed by atoms with Crippen LogP contribution in [-0.4, -0.2) is 5.78 Å². The molecule has 0 N–H and O–H groups in total. The molecule has 0 atom stereocenters. The van der Waals surface area contributed by atoms with Crippen molar-refractivity contribution in [3.63, 3.8) is 0 Å². The molecule has 0 heterocycles. The minimum absolute atomic E-state index is 0.00710. The van der Waals surface area contributed by atoms with E-state index in [0.29, 0.717) is 17.9 Å². The van der Waals surface area contributed by atoms with Crippen LogP contribution in [0.4, 0.5) is 0 Å². The van der Waals surface area contributed by atoms with E-state index in [0.717, 1.165) is 16.7 Å². The Hall–Kier alpha value is -2.87. The van der Waals surface area contributed by atoms with Gasteiger partial charge in [0.15, 0.2) is 5.78 Å². The van der Waals surface area contributed by atoms with Gasteiger partial charge in [-0.3, -0.25) is 4.79 Å². The lowest BCUT2D eigenvalue weighted by atomic mass is 10.0. The highest BCUT2D eigenvalue weighted by molar-refractivity contribution is 5.97. The molecular formula is C21H18O2. The van der Waals surface area contributed by atoms with E-state index in [9.17, 15) is 4.79 Å². The van der Waals surface area contributed by atoms with Gasteiger partial charge in [-0.15, -0.1) is 0 Å². The molecule has 0 bridgehead atoms. The molecule has 2 nitrogen and oxygen atoms in total. The number of ketones is 1. The molecule has 23 heavy (non-hydrogen) atoms. The third-order valence-corrected chi connectivity index (χ3v) is 3.71. The van der Waals surface area contributed by atoms with Gasteiger partial charge in [0.25, 0.3) is 0 Å². The average molecular weight is 302 g/mol. The first-order chi connectivity index (χ1) is 11.2. The van der Waals surface area contributed by atoms with Gasteiger partial charge >= 0.3 is 0 Å². The van der Waals surface area contributed by atoms with E-state index >= 15 is 0 Å². The molecule has 2 heteroatoms. The van der Waals surface area contributed by atoms with E-state index in [4.69, 9.17) is 4.74 Å². The standard InChI is InChI=1S/C21H18O2/c1-16(22)20-13-12-19(18-10-6-3-7-11-18)14-21(20)23-15-17-8-4-2-5-9-17/h2-14H,15H2,1H3. The summed E-state index contributed by atoms with van der Waals surface area (Å²) in [6.07, 6.45) is 0. The van der Waals surface area contributed by atoms with E-state index in [-0.39, 0.29) is 5.78 Å². The van der Waals surface area contributed by atoms with Crippen LogP contribution in [0.5, 0.6) is 5.75 Å². The summed E-state index contributed by atoms with van der Waals surface area (Å²) in [5, 5.41) is 0. The third-order valence-electron chi connectivity index (χ3n) is 3.71. The zero-order valence-corrected chi connectivity index (χ0v) is 13.0. The van der Waals surface area contributed by atoms with Gasteiger partial charge in [-0.1, -0.05) is 66.7 Å². The lowest BCUT2D eigenvalue weighted by Gasteiger charge is -2.12. The van der Waals surface area contributed by atoms with Gasteiger partial charge in [-0.25, -0.2) is 0 Å². The van der Waals surface area contributed by atoms with Crippen LogP contribution in [0, 0.1) is 0 Å². The van der Waals surface area contributed by atoms with Crippen molar-refractivity contribution in [1.82, 2.24) is 0 Å². The molecule has 0 spiro atoms. The second kappa shape index (κ2) is 6.93. The molecule has 0 aliphatic carbocycles. The lowest BCUT2D eigenvalue weighted by molar-refractivity contribution is 0.101. The Kier molecular flexibility index (Phi) is 4.53. The van der Waals surface area contributed by atoms with Crippen LogP contribution in [0.25, 0.3) is 11.1 Å². The molecule has 0 aliphatic rings. The molecule has 0 fully saturated rings. The van der Waals surface area contributed by atoms with Crippen molar-refractivity contribution in [3.05, 3.63) is 90.0 Å². The summed E-state index contributed by atoms with van der Waals surface area (Å²) in [4.78, 5) is 11.8. The summed E-state index contributed by atoms with van der Waals surface area (Å²) < 4.78 is 5.93. The second-order valence-corrected chi connectivity index (χ2v) is 5.41. The van der Waals surface area contributed by atoms with Crippen molar-refractivity contribution in [3.8, 4) is 16.9 Å². The normalized spacial score (nSPS) is 10.3. The van der Waals surface area contributed by atoms with Gasteiger partial charge in [0.05, 0.1) is 5.56 Å². The minimum atomic E-state index is 0.00710. The van der Waals surface area contributed by atoms with Gasteiger partial charge in [0, 0.05) is 0 Å². The Morgan fingerprint density at radius 3 is 2.13 bits per heavy atom. The summed E-state index contributed by atoms with van der Waals surface area (Å²) >= 11 is 0. The monoisotopic (exact) mass is 302 g/mol. The summed E-state index contributed by atoms with van der Waals surface area (Å²) in [6.45, 7) is 2.01. The number of carbonyl (C=O) groups excluding carboxylic acids is 1. The highest BCUT2D eigenvalue weighted by Gasteiger charge is 2.10. The maximum Gasteiger partial charge on any atom is 0.163 e. The van der Waals surface area contributed by atoms with Gasteiger partial charge in [-0.05, 0) is 35.7 Å². The summed E-state index contributed by atoms with van der Waals surface area (Å²) in [6, 6.07) is 25.8. The topological polar surface area (TPSA) is 26.3 Å². The summed E-state index contributed by atoms with van der Waals surface area (Å²) in [5.41, 5.74) is 3.83. The molecule has 0 unspecified atom stereocenters. The Labute approximate surface area is 136 Å². The van der Waals surface area contributed by atoms with E-state index in [1.54, 1.807) is 6.92 Å². The SMILES string of the molecule is CC(=O)c1ccc(-c2ccccc2)cc1OCc1ccccc1. The number of ether oxygens (including phenoxy) is 1. The maximum atomic E-state index is 11.8. The molecule has 0 saturated heterocycles. The predicted octanol–water partition coefficient (Wildman–Crippen LogP) is 5.14. The van der Waals surface area contributed by atoms with Crippen molar-refractivity contribution in [2.45, 2.75) is 13.5 Å². The molecule has 0 radical (unpaired) electrons. The minimum Gasteiger partial charge on any atom is -0.488 e. The van der Waals surface area contributed by atoms with Crippen LogP contribution in [0.2, 0.25) is 0 Å². The van der Waals surface area contributed by atoms with Gasteiger partial charge in [-0.2, -0.15) is 0 Å². The first kappa shape index (κ1) is 15.0. The molecule has 0 aliphatic heterocycles. The quantitative estimate of drug-likeness (QED) is 0.610. The predicted molar refractivity (Wildman–Crippen MR) is 92.7 cm³/mol. The molecule has 0 saturated carbocycles. The summed E-state index contributed by atoms with van der Waals surface area (Å²) in [5.74, 6) is 0.635. The number of rotatable bonds is 5. The van der Waals surface area contributed by atoms with E-state index in [1.807, 2.05) is 78.9 Å². The smallest absolute Gasteiger partial charge is 0.163 e. The van der Waals surface area contributed by atoms with Crippen molar-refractivity contribution in [2.24, 2.45) is 0 Å². The first-order valence-electron chi connectivity index (χ1n) is 7.61. The van der Waals surface area contributed by atoms with Crippen molar-refractivity contribution in [1.29, 1.82) is 0 Å². The number of carbonyl (C=O) groups is 1. The van der Waals surface area contributed by atoms with Crippen LogP contribution in [0.3, 0.4) is 0 Å². The van der Waals surface area contributed by atoms with E-state index < -0.39 is 0 Å². The molecule has 3 aromatic rings. The largest absolute Gasteiger partial charge is 0.488 e. The van der Waals surface area contributed by atoms with Crippen LogP contribution in [0.1, 0.15) is 22.8 Å².